The molecule has 0 bridgehead atoms. The number of hydrogen-bond donors (Lipinski definition) is 2. The smallest absolute Gasteiger partial charge is 0.248 e. The maximum absolute atomic E-state index is 11.5. The van der Waals surface area contributed by atoms with Crippen LogP contribution in [0.15, 0.2) is 24.3 Å². The van der Waals surface area contributed by atoms with Gasteiger partial charge in [-0.15, -0.1) is 0 Å². The molecule has 0 amide bonds. The number of rotatable bonds is 4. The highest BCUT2D eigenvalue weighted by Gasteiger charge is 2.19. The van der Waals surface area contributed by atoms with Crippen molar-refractivity contribution >= 4 is 21.4 Å². The van der Waals surface area contributed by atoms with Crippen LogP contribution >= 0.6 is 0 Å². The van der Waals surface area contributed by atoms with E-state index >= 15 is 0 Å². The van der Waals surface area contributed by atoms with E-state index in [-0.39, 0.29) is 0 Å². The maximum atomic E-state index is 11.5. The first kappa shape index (κ1) is 12.3. The van der Waals surface area contributed by atoms with Crippen molar-refractivity contribution in [3.63, 3.8) is 0 Å². The third kappa shape index (κ3) is 2.87. The molecule has 0 radical (unpaired) electrons. The highest BCUT2D eigenvalue weighted by molar-refractivity contribution is 7.93. The van der Waals surface area contributed by atoms with Crippen LogP contribution in [0.2, 0.25) is 0 Å². The predicted molar refractivity (Wildman–Crippen MR) is 63.6 cm³/mol. The molecule has 1 atom stereocenters. The summed E-state index contributed by atoms with van der Waals surface area (Å²) in [6.07, 6.45) is 0. The summed E-state index contributed by atoms with van der Waals surface area (Å²) in [6.45, 7) is 1.34. The van der Waals surface area contributed by atoms with Crippen LogP contribution in [0, 0.1) is 11.3 Å². The zero-order chi connectivity index (χ0) is 12.2. The first-order chi connectivity index (χ1) is 7.49. The molecule has 0 spiro atoms. The molecule has 0 aliphatic carbocycles. The lowest BCUT2D eigenvalue weighted by Crippen LogP contribution is -2.23. The Kier molecular flexibility index (Phi) is 3.74. The Morgan fingerprint density at radius 2 is 1.75 bits per heavy atom. The first-order valence-corrected chi connectivity index (χ1v) is 6.23. The maximum Gasteiger partial charge on any atom is 0.248 e. The molecule has 1 aromatic carbocycles. The number of hydrogen-bond acceptors (Lipinski definition) is 4. The molecule has 0 saturated heterocycles. The second-order valence-electron chi connectivity index (χ2n) is 3.25. The lowest BCUT2D eigenvalue weighted by Gasteiger charge is -2.09. The highest BCUT2D eigenvalue weighted by Crippen LogP contribution is 2.15. The van der Waals surface area contributed by atoms with Gasteiger partial charge in [-0.2, -0.15) is 5.26 Å². The van der Waals surface area contributed by atoms with E-state index in [1.807, 2.05) is 0 Å². The number of sulfonamides is 1. The van der Waals surface area contributed by atoms with Gasteiger partial charge >= 0.3 is 0 Å². The Morgan fingerprint density at radius 1 is 1.25 bits per heavy atom. The first-order valence-electron chi connectivity index (χ1n) is 4.68. The summed E-state index contributed by atoms with van der Waals surface area (Å²) in [7, 11) is -1.84. The van der Waals surface area contributed by atoms with Crippen molar-refractivity contribution in [2.75, 3.05) is 17.1 Å². The molecule has 16 heavy (non-hydrogen) atoms. The number of nitriles is 1. The van der Waals surface area contributed by atoms with E-state index in [1.54, 1.807) is 37.4 Å². The fraction of sp³-hybridized carbons (Fsp3) is 0.300. The van der Waals surface area contributed by atoms with Crippen molar-refractivity contribution in [3.8, 4) is 6.07 Å². The quantitative estimate of drug-likeness (QED) is 0.831. The zero-order valence-corrected chi connectivity index (χ0v) is 9.88. The van der Waals surface area contributed by atoms with Gasteiger partial charge in [0.1, 0.15) is 0 Å². The average molecular weight is 239 g/mol. The summed E-state index contributed by atoms with van der Waals surface area (Å²) in [5, 5.41) is 10.4. The van der Waals surface area contributed by atoms with E-state index in [2.05, 4.69) is 10.0 Å². The highest BCUT2D eigenvalue weighted by atomic mass is 32.2. The molecule has 1 aromatic rings. The van der Waals surface area contributed by atoms with Crippen LogP contribution in [0.5, 0.6) is 0 Å². The van der Waals surface area contributed by atoms with E-state index < -0.39 is 15.3 Å². The van der Waals surface area contributed by atoms with Gasteiger partial charge in [-0.3, -0.25) is 4.72 Å². The Morgan fingerprint density at radius 3 is 2.19 bits per heavy atom. The summed E-state index contributed by atoms with van der Waals surface area (Å²) in [4.78, 5) is 0. The van der Waals surface area contributed by atoms with Crippen molar-refractivity contribution in [1.82, 2.24) is 0 Å². The number of nitrogens with zero attached hydrogens (tertiary/aromatic N) is 1. The molecule has 5 nitrogen and oxygen atoms in total. The predicted octanol–water partition coefficient (Wildman–Crippen LogP) is 1.38. The molecular formula is C10H13N3O2S. The molecule has 2 N–H and O–H groups in total. The molecular weight excluding hydrogens is 226 g/mol. The lowest BCUT2D eigenvalue weighted by molar-refractivity contribution is 0.597. The SMILES string of the molecule is CNc1ccc(NS(=O)(=O)C(C)C#N)cc1. The summed E-state index contributed by atoms with van der Waals surface area (Å²) < 4.78 is 25.4. The van der Waals surface area contributed by atoms with Gasteiger partial charge in [0.2, 0.25) is 10.0 Å². The molecule has 0 aliphatic rings. The molecule has 0 fully saturated rings. The molecule has 1 unspecified atom stereocenters. The van der Waals surface area contributed by atoms with Crippen molar-refractivity contribution < 1.29 is 8.42 Å². The van der Waals surface area contributed by atoms with Gasteiger partial charge in [0, 0.05) is 18.4 Å². The number of nitrogens with one attached hydrogen (secondary N) is 2. The normalized spacial score (nSPS) is 12.6. The molecule has 86 valence electrons. The minimum Gasteiger partial charge on any atom is -0.388 e. The summed E-state index contributed by atoms with van der Waals surface area (Å²) in [5.41, 5.74) is 1.33. The largest absolute Gasteiger partial charge is 0.388 e. The van der Waals surface area contributed by atoms with Crippen molar-refractivity contribution in [2.45, 2.75) is 12.2 Å². The van der Waals surface area contributed by atoms with Crippen LogP contribution < -0.4 is 10.0 Å². The van der Waals surface area contributed by atoms with Gasteiger partial charge in [-0.05, 0) is 31.2 Å². The average Bonchev–Trinajstić information content (AvgIpc) is 2.28. The van der Waals surface area contributed by atoms with Crippen LogP contribution in [0.4, 0.5) is 11.4 Å². The summed E-state index contributed by atoms with van der Waals surface area (Å²) >= 11 is 0. The van der Waals surface area contributed by atoms with Gasteiger partial charge in [0.25, 0.3) is 0 Å². The molecule has 1 rings (SSSR count). The topological polar surface area (TPSA) is 82.0 Å². The minimum absolute atomic E-state index is 0.445. The van der Waals surface area contributed by atoms with Crippen molar-refractivity contribution in [1.29, 1.82) is 5.26 Å². The van der Waals surface area contributed by atoms with Gasteiger partial charge in [-0.1, -0.05) is 0 Å². The van der Waals surface area contributed by atoms with E-state index in [0.717, 1.165) is 5.69 Å². The van der Waals surface area contributed by atoms with Crippen LogP contribution in [0.1, 0.15) is 6.92 Å². The minimum atomic E-state index is -3.61. The van der Waals surface area contributed by atoms with Crippen LogP contribution in [-0.4, -0.2) is 20.7 Å². The van der Waals surface area contributed by atoms with Crippen LogP contribution in [0.3, 0.4) is 0 Å². The molecule has 0 aliphatic heterocycles. The second-order valence-corrected chi connectivity index (χ2v) is 5.25. The Balaban J connectivity index is 2.85. The van der Waals surface area contributed by atoms with E-state index in [4.69, 9.17) is 5.26 Å². The number of benzene rings is 1. The molecule has 0 aromatic heterocycles. The van der Waals surface area contributed by atoms with Gasteiger partial charge in [0.05, 0.1) is 6.07 Å². The van der Waals surface area contributed by atoms with E-state index in [0.29, 0.717) is 5.69 Å². The van der Waals surface area contributed by atoms with E-state index in [1.165, 1.54) is 6.92 Å². The molecule has 0 heterocycles. The molecule has 6 heteroatoms. The van der Waals surface area contributed by atoms with Crippen LogP contribution in [-0.2, 0) is 10.0 Å². The fourth-order valence-electron chi connectivity index (χ4n) is 1.03. The Bertz CT molecular complexity index is 488. The van der Waals surface area contributed by atoms with Crippen LogP contribution in [0.25, 0.3) is 0 Å². The molecule has 0 saturated carbocycles. The van der Waals surface area contributed by atoms with Crippen molar-refractivity contribution in [3.05, 3.63) is 24.3 Å². The second kappa shape index (κ2) is 4.86. The fourth-order valence-corrected chi connectivity index (χ4v) is 1.81. The van der Waals surface area contributed by atoms with Crippen molar-refractivity contribution in [2.24, 2.45) is 0 Å². The van der Waals surface area contributed by atoms with Gasteiger partial charge in [-0.25, -0.2) is 8.42 Å². The third-order valence-corrected chi connectivity index (χ3v) is 3.64. The van der Waals surface area contributed by atoms with E-state index in [9.17, 15) is 8.42 Å². The van der Waals surface area contributed by atoms with Gasteiger partial charge < -0.3 is 5.32 Å². The Hall–Kier alpha value is -1.74. The zero-order valence-electron chi connectivity index (χ0n) is 9.06. The third-order valence-electron chi connectivity index (χ3n) is 2.08. The standard InChI is InChI=1S/C10H13N3O2S/c1-8(7-11)16(14,15)13-10-5-3-9(12-2)4-6-10/h3-6,8,12-13H,1-2H3. The van der Waals surface area contributed by atoms with Gasteiger partial charge in [0.15, 0.2) is 5.25 Å². The number of anilines is 2. The lowest BCUT2D eigenvalue weighted by atomic mass is 10.3. The Labute approximate surface area is 95.1 Å². The summed E-state index contributed by atoms with van der Waals surface area (Å²) in [6, 6.07) is 8.44. The summed E-state index contributed by atoms with van der Waals surface area (Å²) in [5.74, 6) is 0. The monoisotopic (exact) mass is 239 g/mol.